The molecule has 0 aromatic rings. The molecule has 0 radical (unpaired) electrons. The van der Waals surface area contributed by atoms with Crippen LogP contribution in [-0.2, 0) is 0 Å². The highest BCUT2D eigenvalue weighted by molar-refractivity contribution is 4.90. The number of nitrogens with zero attached hydrogens (tertiary/aromatic N) is 1. The van der Waals surface area contributed by atoms with E-state index in [1.54, 1.807) is 0 Å². The zero-order valence-electron chi connectivity index (χ0n) is 11.7. The first kappa shape index (κ1) is 12.9. The molecule has 2 N–H and O–H groups in total. The van der Waals surface area contributed by atoms with Crippen LogP contribution in [0.25, 0.3) is 0 Å². The number of hydrogen-bond donors (Lipinski definition) is 2. The summed E-state index contributed by atoms with van der Waals surface area (Å²) >= 11 is 0. The van der Waals surface area contributed by atoms with Crippen molar-refractivity contribution in [2.75, 3.05) is 39.3 Å². The van der Waals surface area contributed by atoms with E-state index in [2.05, 4.69) is 15.5 Å². The maximum atomic E-state index is 3.86. The monoisotopic (exact) mass is 251 g/mol. The number of nitrogens with one attached hydrogen (secondary N) is 2. The summed E-state index contributed by atoms with van der Waals surface area (Å²) < 4.78 is 0. The van der Waals surface area contributed by atoms with Gasteiger partial charge in [-0.05, 0) is 44.1 Å². The third-order valence-electron chi connectivity index (χ3n) is 5.25. The van der Waals surface area contributed by atoms with E-state index in [-0.39, 0.29) is 0 Å². The lowest BCUT2D eigenvalue weighted by Crippen LogP contribution is -2.52. The molecule has 1 aliphatic carbocycles. The predicted molar refractivity (Wildman–Crippen MR) is 75.8 cm³/mol. The fourth-order valence-electron chi connectivity index (χ4n) is 4.28. The Balaban J connectivity index is 1.56. The van der Waals surface area contributed by atoms with E-state index in [0.29, 0.717) is 0 Å². The van der Waals surface area contributed by atoms with Crippen molar-refractivity contribution >= 4 is 0 Å². The lowest BCUT2D eigenvalue weighted by atomic mass is 9.81. The Morgan fingerprint density at radius 2 is 1.67 bits per heavy atom. The number of rotatable bonds is 3. The molecule has 3 nitrogen and oxygen atoms in total. The van der Waals surface area contributed by atoms with Gasteiger partial charge in [0.05, 0.1) is 0 Å². The third kappa shape index (κ3) is 3.06. The van der Waals surface area contributed by atoms with E-state index in [0.717, 1.165) is 17.9 Å². The van der Waals surface area contributed by atoms with Crippen LogP contribution in [0, 0.1) is 11.8 Å². The molecule has 0 aromatic carbocycles. The van der Waals surface area contributed by atoms with Gasteiger partial charge in [0.15, 0.2) is 0 Å². The predicted octanol–water partition coefficient (Wildman–Crippen LogP) is 1.45. The van der Waals surface area contributed by atoms with Crippen LogP contribution in [0.2, 0.25) is 0 Å². The summed E-state index contributed by atoms with van der Waals surface area (Å²) in [5, 5.41) is 7.32. The molecule has 104 valence electrons. The second-order valence-corrected chi connectivity index (χ2v) is 6.48. The van der Waals surface area contributed by atoms with Crippen molar-refractivity contribution in [3.05, 3.63) is 0 Å². The summed E-state index contributed by atoms with van der Waals surface area (Å²) in [6.07, 6.45) is 8.76. The molecule has 0 aromatic heterocycles. The quantitative estimate of drug-likeness (QED) is 0.795. The Kier molecular flexibility index (Phi) is 4.55. The first-order chi connectivity index (χ1) is 8.93. The zero-order chi connectivity index (χ0) is 12.2. The Morgan fingerprint density at radius 3 is 2.44 bits per heavy atom. The lowest BCUT2D eigenvalue weighted by Gasteiger charge is -2.40. The van der Waals surface area contributed by atoms with Crippen molar-refractivity contribution < 1.29 is 0 Å². The van der Waals surface area contributed by atoms with Gasteiger partial charge in [-0.25, -0.2) is 0 Å². The lowest BCUT2D eigenvalue weighted by molar-refractivity contribution is 0.134. The molecule has 3 heteroatoms. The van der Waals surface area contributed by atoms with Crippen LogP contribution in [-0.4, -0.2) is 50.2 Å². The Hall–Kier alpha value is -0.120. The SMILES string of the molecule is C1CCC([C@H]2NCCC[C@@H]2CN2CCNCC2)C1. The van der Waals surface area contributed by atoms with Crippen LogP contribution < -0.4 is 10.6 Å². The summed E-state index contributed by atoms with van der Waals surface area (Å²) in [5.74, 6) is 1.90. The van der Waals surface area contributed by atoms with Gasteiger partial charge in [-0.1, -0.05) is 12.8 Å². The maximum absolute atomic E-state index is 3.86. The molecule has 3 fully saturated rings. The number of piperidine rings is 1. The van der Waals surface area contributed by atoms with Gasteiger partial charge < -0.3 is 15.5 Å². The van der Waals surface area contributed by atoms with E-state index in [4.69, 9.17) is 0 Å². The van der Waals surface area contributed by atoms with Gasteiger partial charge >= 0.3 is 0 Å². The van der Waals surface area contributed by atoms with Crippen molar-refractivity contribution in [2.24, 2.45) is 11.8 Å². The van der Waals surface area contributed by atoms with Crippen molar-refractivity contribution in [3.8, 4) is 0 Å². The largest absolute Gasteiger partial charge is 0.314 e. The van der Waals surface area contributed by atoms with Crippen LogP contribution in [0.1, 0.15) is 38.5 Å². The topological polar surface area (TPSA) is 27.3 Å². The second kappa shape index (κ2) is 6.36. The van der Waals surface area contributed by atoms with Crippen LogP contribution in [0.15, 0.2) is 0 Å². The molecule has 2 heterocycles. The molecular weight excluding hydrogens is 222 g/mol. The minimum atomic E-state index is 0.830. The molecule has 0 amide bonds. The van der Waals surface area contributed by atoms with Crippen molar-refractivity contribution in [1.82, 2.24) is 15.5 Å². The molecule has 1 saturated carbocycles. The summed E-state index contributed by atoms with van der Waals surface area (Å²) in [6, 6.07) is 0.830. The molecule has 0 bridgehead atoms. The first-order valence-corrected chi connectivity index (χ1v) is 8.10. The van der Waals surface area contributed by atoms with E-state index < -0.39 is 0 Å². The fraction of sp³-hybridized carbons (Fsp3) is 1.00. The summed E-state index contributed by atoms with van der Waals surface area (Å²) in [4.78, 5) is 2.69. The number of piperazine rings is 1. The molecule has 0 unspecified atom stereocenters. The normalized spacial score (nSPS) is 36.0. The van der Waals surface area contributed by atoms with Crippen LogP contribution in [0.3, 0.4) is 0 Å². The molecule has 3 rings (SSSR count). The molecule has 0 spiro atoms. The Bertz CT molecular complexity index is 244. The number of hydrogen-bond acceptors (Lipinski definition) is 3. The van der Waals surface area contributed by atoms with Gasteiger partial charge in [0, 0.05) is 38.8 Å². The maximum Gasteiger partial charge on any atom is 0.0136 e. The molecule has 2 atom stereocenters. The Morgan fingerprint density at radius 1 is 0.889 bits per heavy atom. The van der Waals surface area contributed by atoms with Crippen molar-refractivity contribution in [1.29, 1.82) is 0 Å². The van der Waals surface area contributed by atoms with Gasteiger partial charge in [0.25, 0.3) is 0 Å². The summed E-state index contributed by atoms with van der Waals surface area (Å²) in [5.41, 5.74) is 0. The molecule has 3 aliphatic rings. The second-order valence-electron chi connectivity index (χ2n) is 6.48. The highest BCUT2D eigenvalue weighted by Crippen LogP contribution is 2.34. The standard InChI is InChI=1S/C15H29N3/c1-2-5-13(4-1)15-14(6-3-7-17-15)12-18-10-8-16-9-11-18/h13-17H,1-12H2/t14-,15-/m1/s1. The highest BCUT2D eigenvalue weighted by atomic mass is 15.2. The minimum Gasteiger partial charge on any atom is -0.314 e. The molecule has 18 heavy (non-hydrogen) atoms. The van der Waals surface area contributed by atoms with Crippen LogP contribution >= 0.6 is 0 Å². The fourth-order valence-corrected chi connectivity index (χ4v) is 4.28. The summed E-state index contributed by atoms with van der Waals surface area (Å²) in [7, 11) is 0. The first-order valence-electron chi connectivity index (χ1n) is 8.10. The van der Waals surface area contributed by atoms with Gasteiger partial charge in [-0.15, -0.1) is 0 Å². The van der Waals surface area contributed by atoms with Gasteiger partial charge in [-0.2, -0.15) is 0 Å². The van der Waals surface area contributed by atoms with E-state index in [1.807, 2.05) is 0 Å². The smallest absolute Gasteiger partial charge is 0.0136 e. The average molecular weight is 251 g/mol. The highest BCUT2D eigenvalue weighted by Gasteiger charge is 2.34. The Labute approximate surface area is 112 Å². The van der Waals surface area contributed by atoms with Crippen LogP contribution in [0.4, 0.5) is 0 Å². The van der Waals surface area contributed by atoms with Gasteiger partial charge in [-0.3, -0.25) is 0 Å². The molecule has 2 saturated heterocycles. The zero-order valence-corrected chi connectivity index (χ0v) is 11.7. The summed E-state index contributed by atoms with van der Waals surface area (Å²) in [6.45, 7) is 7.50. The van der Waals surface area contributed by atoms with Gasteiger partial charge in [0.2, 0.25) is 0 Å². The van der Waals surface area contributed by atoms with Crippen LogP contribution in [0.5, 0.6) is 0 Å². The van der Waals surface area contributed by atoms with Gasteiger partial charge in [0.1, 0.15) is 0 Å². The molecule has 2 aliphatic heterocycles. The molecular formula is C15H29N3. The minimum absolute atomic E-state index is 0.830. The van der Waals surface area contributed by atoms with E-state index >= 15 is 0 Å². The third-order valence-corrected chi connectivity index (χ3v) is 5.25. The van der Waals surface area contributed by atoms with E-state index in [1.165, 1.54) is 77.8 Å². The van der Waals surface area contributed by atoms with Crippen molar-refractivity contribution in [2.45, 2.75) is 44.6 Å². The van der Waals surface area contributed by atoms with E-state index in [9.17, 15) is 0 Å². The average Bonchev–Trinajstić information content (AvgIpc) is 2.94. The van der Waals surface area contributed by atoms with Crippen molar-refractivity contribution in [3.63, 3.8) is 0 Å².